The number of amides is 1. The standard InChI is InChI=1S/C17H12ClFN2O2S/c18-12-4-1-3-11(7-12)15-9-20-17(23-15)24-10-16(22)21-14-6-2-5-13(19)8-14/h1-9H,10H2,(H,21,22). The van der Waals surface area contributed by atoms with Gasteiger partial charge in [-0.2, -0.15) is 0 Å². The van der Waals surface area contributed by atoms with Crippen molar-refractivity contribution < 1.29 is 13.6 Å². The predicted molar refractivity (Wildman–Crippen MR) is 92.7 cm³/mol. The van der Waals surface area contributed by atoms with E-state index < -0.39 is 5.82 Å². The van der Waals surface area contributed by atoms with Crippen LogP contribution in [0.2, 0.25) is 5.02 Å². The number of rotatable bonds is 5. The molecule has 3 rings (SSSR count). The summed E-state index contributed by atoms with van der Waals surface area (Å²) in [6.07, 6.45) is 1.58. The van der Waals surface area contributed by atoms with Crippen LogP contribution < -0.4 is 5.32 Å². The van der Waals surface area contributed by atoms with E-state index in [2.05, 4.69) is 10.3 Å². The van der Waals surface area contributed by atoms with Crippen molar-refractivity contribution in [3.05, 3.63) is 65.6 Å². The average Bonchev–Trinajstić information content (AvgIpc) is 3.02. The second-order valence-corrected chi connectivity index (χ2v) is 6.21. The van der Waals surface area contributed by atoms with Crippen LogP contribution in [0.5, 0.6) is 0 Å². The summed E-state index contributed by atoms with van der Waals surface area (Å²) in [7, 11) is 0. The number of halogens is 2. The fraction of sp³-hybridized carbons (Fsp3) is 0.0588. The van der Waals surface area contributed by atoms with Crippen molar-refractivity contribution in [2.75, 3.05) is 11.1 Å². The van der Waals surface area contributed by atoms with Crippen molar-refractivity contribution in [1.29, 1.82) is 0 Å². The molecule has 0 radical (unpaired) electrons. The molecule has 1 amide bonds. The zero-order valence-electron chi connectivity index (χ0n) is 12.3. The largest absolute Gasteiger partial charge is 0.431 e. The number of carbonyl (C=O) groups excluding carboxylic acids is 1. The summed E-state index contributed by atoms with van der Waals surface area (Å²) in [6, 6.07) is 12.9. The summed E-state index contributed by atoms with van der Waals surface area (Å²) in [4.78, 5) is 16.0. The number of nitrogens with one attached hydrogen (secondary N) is 1. The average molecular weight is 363 g/mol. The Hall–Kier alpha value is -2.31. The topological polar surface area (TPSA) is 55.1 Å². The van der Waals surface area contributed by atoms with Gasteiger partial charge >= 0.3 is 0 Å². The normalized spacial score (nSPS) is 10.6. The Kier molecular flexibility index (Phi) is 5.17. The lowest BCUT2D eigenvalue weighted by Gasteiger charge is -2.03. The van der Waals surface area contributed by atoms with E-state index in [0.29, 0.717) is 21.7 Å². The molecule has 0 unspecified atom stereocenters. The van der Waals surface area contributed by atoms with Gasteiger partial charge in [-0.25, -0.2) is 9.37 Å². The lowest BCUT2D eigenvalue weighted by molar-refractivity contribution is -0.113. The number of hydrogen-bond acceptors (Lipinski definition) is 4. The smallest absolute Gasteiger partial charge is 0.256 e. The summed E-state index contributed by atoms with van der Waals surface area (Å²) in [5.74, 6) is 0.00408. The summed E-state index contributed by atoms with van der Waals surface area (Å²) in [5, 5.41) is 3.59. The van der Waals surface area contributed by atoms with Gasteiger partial charge in [-0.1, -0.05) is 41.6 Å². The monoisotopic (exact) mass is 362 g/mol. The van der Waals surface area contributed by atoms with Crippen molar-refractivity contribution in [2.24, 2.45) is 0 Å². The van der Waals surface area contributed by atoms with Crippen molar-refractivity contribution >= 4 is 35.0 Å². The molecule has 0 fully saturated rings. The molecule has 3 aromatic rings. The van der Waals surface area contributed by atoms with Crippen LogP contribution in [0.4, 0.5) is 10.1 Å². The van der Waals surface area contributed by atoms with Crippen LogP contribution in [0, 0.1) is 5.82 Å². The van der Waals surface area contributed by atoms with Crippen LogP contribution in [0.1, 0.15) is 0 Å². The molecule has 0 aliphatic rings. The zero-order chi connectivity index (χ0) is 16.9. The summed E-state index contributed by atoms with van der Waals surface area (Å²) >= 11 is 7.10. The van der Waals surface area contributed by atoms with E-state index in [1.807, 2.05) is 12.1 Å². The van der Waals surface area contributed by atoms with E-state index in [4.69, 9.17) is 16.0 Å². The van der Waals surface area contributed by atoms with E-state index >= 15 is 0 Å². The molecule has 1 N–H and O–H groups in total. The summed E-state index contributed by atoms with van der Waals surface area (Å²) in [6.45, 7) is 0. The third-order valence-electron chi connectivity index (χ3n) is 3.03. The van der Waals surface area contributed by atoms with Crippen LogP contribution in [0.25, 0.3) is 11.3 Å². The fourth-order valence-corrected chi connectivity index (χ4v) is 2.78. The molecule has 1 heterocycles. The molecule has 7 heteroatoms. The molecule has 0 saturated heterocycles. The second-order valence-electron chi connectivity index (χ2n) is 4.85. The van der Waals surface area contributed by atoms with E-state index in [9.17, 15) is 9.18 Å². The van der Waals surface area contributed by atoms with Crippen molar-refractivity contribution in [3.8, 4) is 11.3 Å². The Bertz CT molecular complexity index is 869. The summed E-state index contributed by atoms with van der Waals surface area (Å²) < 4.78 is 18.7. The highest BCUT2D eigenvalue weighted by Crippen LogP contribution is 2.27. The quantitative estimate of drug-likeness (QED) is 0.658. The van der Waals surface area contributed by atoms with Gasteiger partial charge < -0.3 is 9.73 Å². The van der Waals surface area contributed by atoms with Crippen LogP contribution in [0.15, 0.2) is 64.4 Å². The van der Waals surface area contributed by atoms with Gasteiger partial charge in [0.15, 0.2) is 5.76 Å². The van der Waals surface area contributed by atoms with E-state index in [-0.39, 0.29) is 11.7 Å². The van der Waals surface area contributed by atoms with E-state index in [1.165, 1.54) is 18.2 Å². The Balaban J connectivity index is 1.58. The Morgan fingerprint density at radius 2 is 2.08 bits per heavy atom. The minimum absolute atomic E-state index is 0.103. The molecular formula is C17H12ClFN2O2S. The summed E-state index contributed by atoms with van der Waals surface area (Å²) in [5.41, 5.74) is 1.22. The number of oxazole rings is 1. The second kappa shape index (κ2) is 7.51. The number of anilines is 1. The highest BCUT2D eigenvalue weighted by Gasteiger charge is 2.10. The third kappa shape index (κ3) is 4.37. The maximum absolute atomic E-state index is 13.1. The minimum atomic E-state index is -0.403. The molecule has 0 bridgehead atoms. The van der Waals surface area contributed by atoms with Gasteiger partial charge in [0.05, 0.1) is 11.9 Å². The maximum Gasteiger partial charge on any atom is 0.256 e. The lowest BCUT2D eigenvalue weighted by atomic mass is 10.2. The number of aromatic nitrogens is 1. The highest BCUT2D eigenvalue weighted by molar-refractivity contribution is 7.99. The molecule has 4 nitrogen and oxygen atoms in total. The number of benzene rings is 2. The first-order valence-corrected chi connectivity index (χ1v) is 8.36. The number of nitrogens with zero attached hydrogens (tertiary/aromatic N) is 1. The maximum atomic E-state index is 13.1. The Morgan fingerprint density at radius 1 is 1.25 bits per heavy atom. The van der Waals surface area contributed by atoms with Crippen molar-refractivity contribution in [1.82, 2.24) is 4.98 Å². The lowest BCUT2D eigenvalue weighted by Crippen LogP contribution is -2.14. The van der Waals surface area contributed by atoms with Crippen LogP contribution in [-0.4, -0.2) is 16.6 Å². The number of hydrogen-bond donors (Lipinski definition) is 1. The molecule has 2 aromatic carbocycles. The number of carbonyl (C=O) groups is 1. The van der Waals surface area contributed by atoms with Gasteiger partial charge in [-0.15, -0.1) is 0 Å². The fourth-order valence-electron chi connectivity index (χ4n) is 1.99. The molecule has 0 spiro atoms. The van der Waals surface area contributed by atoms with Crippen molar-refractivity contribution in [3.63, 3.8) is 0 Å². The molecular weight excluding hydrogens is 351 g/mol. The molecule has 24 heavy (non-hydrogen) atoms. The van der Waals surface area contributed by atoms with Crippen LogP contribution >= 0.6 is 23.4 Å². The molecule has 1 aromatic heterocycles. The minimum Gasteiger partial charge on any atom is -0.431 e. The van der Waals surface area contributed by atoms with Crippen LogP contribution in [0.3, 0.4) is 0 Å². The van der Waals surface area contributed by atoms with E-state index in [1.54, 1.807) is 24.4 Å². The Labute approximate surface area is 147 Å². The highest BCUT2D eigenvalue weighted by atomic mass is 35.5. The molecule has 0 saturated carbocycles. The predicted octanol–water partition coefficient (Wildman–Crippen LogP) is 4.86. The first-order valence-electron chi connectivity index (χ1n) is 7.00. The first kappa shape index (κ1) is 16.5. The molecule has 122 valence electrons. The molecule has 0 atom stereocenters. The van der Waals surface area contributed by atoms with Gasteiger partial charge in [-0.05, 0) is 30.3 Å². The molecule has 0 aliphatic carbocycles. The van der Waals surface area contributed by atoms with Gasteiger partial charge in [0.25, 0.3) is 5.22 Å². The van der Waals surface area contributed by atoms with Gasteiger partial charge in [0.2, 0.25) is 5.91 Å². The third-order valence-corrected chi connectivity index (χ3v) is 4.11. The SMILES string of the molecule is O=C(CSc1ncc(-c2cccc(Cl)c2)o1)Nc1cccc(F)c1. The molecule has 0 aliphatic heterocycles. The van der Waals surface area contributed by atoms with Crippen molar-refractivity contribution in [2.45, 2.75) is 5.22 Å². The van der Waals surface area contributed by atoms with Gasteiger partial charge in [-0.3, -0.25) is 4.79 Å². The van der Waals surface area contributed by atoms with Gasteiger partial charge in [0.1, 0.15) is 5.82 Å². The zero-order valence-corrected chi connectivity index (χ0v) is 13.9. The Morgan fingerprint density at radius 3 is 2.88 bits per heavy atom. The van der Waals surface area contributed by atoms with Crippen LogP contribution in [-0.2, 0) is 4.79 Å². The first-order chi connectivity index (χ1) is 11.6. The number of thioether (sulfide) groups is 1. The van der Waals surface area contributed by atoms with E-state index in [0.717, 1.165) is 17.3 Å². The van der Waals surface area contributed by atoms with Gasteiger partial charge in [0, 0.05) is 16.3 Å².